The predicted molar refractivity (Wildman–Crippen MR) is 104 cm³/mol. The predicted octanol–water partition coefficient (Wildman–Crippen LogP) is 2.91. The molecule has 1 amide bonds. The number of rotatable bonds is 6. The molecule has 0 saturated carbocycles. The monoisotopic (exact) mass is 354 g/mol. The van der Waals surface area contributed by atoms with E-state index in [4.69, 9.17) is 4.74 Å². The van der Waals surface area contributed by atoms with Crippen LogP contribution >= 0.6 is 0 Å². The summed E-state index contributed by atoms with van der Waals surface area (Å²) < 4.78 is 5.19. The molecule has 0 bridgehead atoms. The van der Waals surface area contributed by atoms with Gasteiger partial charge in [-0.1, -0.05) is 6.07 Å². The quantitative estimate of drug-likeness (QED) is 0.835. The third-order valence-corrected chi connectivity index (χ3v) is 4.51. The minimum absolute atomic E-state index is 0.0218. The molecule has 3 rings (SSSR count). The molecule has 1 atom stereocenters. The van der Waals surface area contributed by atoms with Crippen LogP contribution in [0.3, 0.4) is 0 Å². The number of aryl methyl sites for hydroxylation is 1. The maximum absolute atomic E-state index is 12.3. The summed E-state index contributed by atoms with van der Waals surface area (Å²) in [5, 5.41) is 6.42. The van der Waals surface area contributed by atoms with Crippen molar-refractivity contribution in [1.29, 1.82) is 0 Å². The average Bonchev–Trinajstić information content (AvgIpc) is 2.64. The number of carbonyl (C=O) groups excluding carboxylic acids is 1. The van der Waals surface area contributed by atoms with Crippen molar-refractivity contribution in [2.45, 2.75) is 25.8 Å². The summed E-state index contributed by atoms with van der Waals surface area (Å²) in [4.78, 5) is 18.7. The van der Waals surface area contributed by atoms with Gasteiger partial charge in [0.2, 0.25) is 5.91 Å². The molecule has 0 aliphatic carbocycles. The third-order valence-electron chi connectivity index (χ3n) is 4.51. The minimum Gasteiger partial charge on any atom is -0.497 e. The van der Waals surface area contributed by atoms with Gasteiger partial charge < -0.3 is 15.4 Å². The van der Waals surface area contributed by atoms with Gasteiger partial charge in [0.25, 0.3) is 0 Å². The number of hydrogen-bond acceptors (Lipinski definition) is 5. The summed E-state index contributed by atoms with van der Waals surface area (Å²) in [6, 6.07) is 12.1. The highest BCUT2D eigenvalue weighted by molar-refractivity contribution is 5.91. The second kappa shape index (κ2) is 8.67. The van der Waals surface area contributed by atoms with Gasteiger partial charge in [-0.25, -0.2) is 4.98 Å². The fourth-order valence-electron chi connectivity index (χ4n) is 3.17. The summed E-state index contributed by atoms with van der Waals surface area (Å²) in [7, 11) is 1.67. The van der Waals surface area contributed by atoms with Crippen molar-refractivity contribution in [3.63, 3.8) is 0 Å². The zero-order valence-electron chi connectivity index (χ0n) is 15.4. The van der Waals surface area contributed by atoms with Crippen LogP contribution in [0.4, 0.5) is 11.5 Å². The molecule has 26 heavy (non-hydrogen) atoms. The Hall–Kier alpha value is -2.60. The number of carbonyl (C=O) groups is 1. The number of aromatic nitrogens is 1. The molecule has 2 N–H and O–H groups in total. The van der Waals surface area contributed by atoms with E-state index in [0.717, 1.165) is 42.9 Å². The third kappa shape index (κ3) is 5.20. The molecule has 6 heteroatoms. The molecule has 1 aromatic carbocycles. The molecule has 6 nitrogen and oxygen atoms in total. The lowest BCUT2D eigenvalue weighted by Crippen LogP contribution is -2.45. The summed E-state index contributed by atoms with van der Waals surface area (Å²) >= 11 is 0. The van der Waals surface area contributed by atoms with Gasteiger partial charge in [0, 0.05) is 24.5 Å². The number of methoxy groups -OCH3 is 1. The normalized spacial score (nSPS) is 17.5. The fraction of sp³-hybridized carbons (Fsp3) is 0.400. The van der Waals surface area contributed by atoms with Crippen LogP contribution < -0.4 is 15.4 Å². The lowest BCUT2D eigenvalue weighted by molar-refractivity contribution is -0.117. The van der Waals surface area contributed by atoms with E-state index in [0.29, 0.717) is 18.4 Å². The number of nitrogens with zero attached hydrogens (tertiary/aromatic N) is 2. The highest BCUT2D eigenvalue weighted by Crippen LogP contribution is 2.19. The fourth-order valence-corrected chi connectivity index (χ4v) is 3.17. The molecule has 2 heterocycles. The average molecular weight is 354 g/mol. The Morgan fingerprint density at radius 2 is 2.08 bits per heavy atom. The number of nitrogens with one attached hydrogen (secondary N) is 2. The van der Waals surface area contributed by atoms with Gasteiger partial charge in [0.1, 0.15) is 11.6 Å². The van der Waals surface area contributed by atoms with Crippen LogP contribution in [-0.4, -0.2) is 48.6 Å². The first kappa shape index (κ1) is 18.2. The van der Waals surface area contributed by atoms with Gasteiger partial charge in [-0.15, -0.1) is 0 Å². The number of likely N-dealkylation sites (tertiary alicyclic amines) is 1. The molecule has 1 saturated heterocycles. The smallest absolute Gasteiger partial charge is 0.239 e. The standard InChI is InChI=1S/C20H26N4O2/c1-15-5-10-19(21-12-15)23-20(25)14-24-11-3-4-17(13-24)22-16-6-8-18(26-2)9-7-16/h5-10,12,17,22H,3-4,11,13-14H2,1-2H3,(H,21,23,25). The Morgan fingerprint density at radius 3 is 2.77 bits per heavy atom. The van der Waals surface area contributed by atoms with Crippen molar-refractivity contribution in [2.75, 3.05) is 37.4 Å². The van der Waals surface area contributed by atoms with Crippen LogP contribution in [0.1, 0.15) is 18.4 Å². The van der Waals surface area contributed by atoms with Crippen LogP contribution in [0.2, 0.25) is 0 Å². The lowest BCUT2D eigenvalue weighted by Gasteiger charge is -2.33. The molecule has 1 aliphatic heterocycles. The Morgan fingerprint density at radius 1 is 1.27 bits per heavy atom. The van der Waals surface area contributed by atoms with Crippen LogP contribution in [0.15, 0.2) is 42.6 Å². The second-order valence-corrected chi connectivity index (χ2v) is 6.72. The van der Waals surface area contributed by atoms with E-state index < -0.39 is 0 Å². The number of piperidine rings is 1. The first-order chi connectivity index (χ1) is 12.6. The number of hydrogen-bond donors (Lipinski definition) is 2. The molecular weight excluding hydrogens is 328 g/mol. The number of amides is 1. The Labute approximate surface area is 154 Å². The topological polar surface area (TPSA) is 66.5 Å². The molecule has 1 fully saturated rings. The van der Waals surface area contributed by atoms with Crippen molar-refractivity contribution < 1.29 is 9.53 Å². The van der Waals surface area contributed by atoms with Gasteiger partial charge in [-0.05, 0) is 62.2 Å². The van der Waals surface area contributed by atoms with Crippen LogP contribution in [0.5, 0.6) is 5.75 Å². The van der Waals surface area contributed by atoms with Gasteiger partial charge >= 0.3 is 0 Å². The van der Waals surface area contributed by atoms with Crippen molar-refractivity contribution >= 4 is 17.4 Å². The van der Waals surface area contributed by atoms with E-state index >= 15 is 0 Å². The van der Waals surface area contributed by atoms with Crippen molar-refractivity contribution in [1.82, 2.24) is 9.88 Å². The van der Waals surface area contributed by atoms with E-state index in [1.54, 1.807) is 13.3 Å². The minimum atomic E-state index is -0.0218. The number of ether oxygens (including phenoxy) is 1. The zero-order chi connectivity index (χ0) is 18.4. The molecule has 0 spiro atoms. The highest BCUT2D eigenvalue weighted by Gasteiger charge is 2.21. The summed E-state index contributed by atoms with van der Waals surface area (Å²) in [6.07, 6.45) is 3.93. The van der Waals surface area contributed by atoms with Gasteiger partial charge in [-0.3, -0.25) is 9.69 Å². The summed E-state index contributed by atoms with van der Waals surface area (Å²) in [6.45, 7) is 4.15. The Balaban J connectivity index is 1.49. The molecule has 138 valence electrons. The van der Waals surface area contributed by atoms with Gasteiger partial charge in [0.15, 0.2) is 0 Å². The first-order valence-corrected chi connectivity index (χ1v) is 8.98. The largest absolute Gasteiger partial charge is 0.497 e. The molecule has 2 aromatic rings. The van der Waals surface area contributed by atoms with E-state index in [1.165, 1.54) is 0 Å². The SMILES string of the molecule is COc1ccc(NC2CCCN(CC(=O)Nc3ccc(C)cn3)C2)cc1. The highest BCUT2D eigenvalue weighted by atomic mass is 16.5. The number of anilines is 2. The Bertz CT molecular complexity index is 716. The summed E-state index contributed by atoms with van der Waals surface area (Å²) in [5.74, 6) is 1.43. The Kier molecular flexibility index (Phi) is 6.07. The van der Waals surface area contributed by atoms with E-state index in [2.05, 4.69) is 20.5 Å². The lowest BCUT2D eigenvalue weighted by atomic mass is 10.1. The van der Waals surface area contributed by atoms with Crippen LogP contribution in [0, 0.1) is 6.92 Å². The van der Waals surface area contributed by atoms with Gasteiger partial charge in [-0.2, -0.15) is 0 Å². The molecule has 1 aromatic heterocycles. The van der Waals surface area contributed by atoms with E-state index in [9.17, 15) is 4.79 Å². The zero-order valence-corrected chi connectivity index (χ0v) is 15.4. The van der Waals surface area contributed by atoms with E-state index in [1.807, 2.05) is 43.3 Å². The molecule has 1 unspecified atom stereocenters. The van der Waals surface area contributed by atoms with Gasteiger partial charge in [0.05, 0.1) is 13.7 Å². The number of benzene rings is 1. The van der Waals surface area contributed by atoms with Crippen LogP contribution in [-0.2, 0) is 4.79 Å². The second-order valence-electron chi connectivity index (χ2n) is 6.72. The first-order valence-electron chi connectivity index (χ1n) is 8.98. The van der Waals surface area contributed by atoms with Crippen molar-refractivity contribution in [2.24, 2.45) is 0 Å². The van der Waals surface area contributed by atoms with Crippen LogP contribution in [0.25, 0.3) is 0 Å². The maximum atomic E-state index is 12.3. The number of pyridine rings is 1. The van der Waals surface area contributed by atoms with E-state index in [-0.39, 0.29) is 5.91 Å². The van der Waals surface area contributed by atoms with Crippen molar-refractivity contribution in [3.05, 3.63) is 48.2 Å². The molecular formula is C20H26N4O2. The maximum Gasteiger partial charge on any atom is 0.239 e. The van der Waals surface area contributed by atoms with Crippen molar-refractivity contribution in [3.8, 4) is 5.75 Å². The molecule has 0 radical (unpaired) electrons. The molecule has 1 aliphatic rings. The summed E-state index contributed by atoms with van der Waals surface area (Å²) in [5.41, 5.74) is 2.15.